The van der Waals surface area contributed by atoms with E-state index in [1.807, 2.05) is 12.1 Å². The summed E-state index contributed by atoms with van der Waals surface area (Å²) in [6.45, 7) is 2.19. The van der Waals surface area contributed by atoms with E-state index in [1.54, 1.807) is 6.07 Å². The average Bonchev–Trinajstić information content (AvgIpc) is 3.07. The number of benzene rings is 1. The van der Waals surface area contributed by atoms with Crippen molar-refractivity contribution in [3.8, 4) is 17.1 Å². The third-order valence-corrected chi connectivity index (χ3v) is 3.99. The van der Waals surface area contributed by atoms with Gasteiger partial charge in [-0.15, -0.1) is 5.10 Å². The summed E-state index contributed by atoms with van der Waals surface area (Å²) in [5.74, 6) is 0.702. The Morgan fingerprint density at radius 2 is 2.00 bits per heavy atom. The highest BCUT2D eigenvalue weighted by Gasteiger charge is 2.14. The smallest absolute Gasteiger partial charge is 0.311 e. The van der Waals surface area contributed by atoms with Crippen molar-refractivity contribution < 1.29 is 9.53 Å². The maximum atomic E-state index is 12.0. The van der Waals surface area contributed by atoms with E-state index in [2.05, 4.69) is 43.5 Å². The summed E-state index contributed by atoms with van der Waals surface area (Å²) >= 11 is 3.40. The molecular formula is C16H21BrN4O2. The second-order valence-corrected chi connectivity index (χ2v) is 6.30. The molecule has 2 aromatic rings. The lowest BCUT2D eigenvalue weighted by molar-refractivity contribution is -0.134. The van der Waals surface area contributed by atoms with Gasteiger partial charge in [0.25, 0.3) is 0 Å². The summed E-state index contributed by atoms with van der Waals surface area (Å²) in [6, 6.07) is 5.37. The number of rotatable bonds is 9. The van der Waals surface area contributed by atoms with Crippen molar-refractivity contribution in [3.05, 3.63) is 22.7 Å². The lowest BCUT2D eigenvalue weighted by Gasteiger charge is -2.08. The minimum Gasteiger partial charge on any atom is -0.426 e. The molecule has 0 fully saturated rings. The number of tetrazole rings is 1. The minimum atomic E-state index is -0.225. The molecule has 0 aliphatic heterocycles. The first kappa shape index (κ1) is 17.6. The van der Waals surface area contributed by atoms with Crippen LogP contribution < -0.4 is 4.74 Å². The van der Waals surface area contributed by atoms with Crippen LogP contribution in [-0.4, -0.2) is 26.6 Å². The number of H-pyrrole nitrogens is 1. The second-order valence-electron chi connectivity index (χ2n) is 5.38. The number of hydrogen-bond donors (Lipinski definition) is 1. The number of carbonyl (C=O) groups is 1. The van der Waals surface area contributed by atoms with Gasteiger partial charge in [0, 0.05) is 10.9 Å². The molecule has 6 nitrogen and oxygen atoms in total. The first-order valence-electron chi connectivity index (χ1n) is 7.95. The zero-order valence-corrected chi connectivity index (χ0v) is 14.8. The second kappa shape index (κ2) is 9.39. The summed E-state index contributed by atoms with van der Waals surface area (Å²) in [5.41, 5.74) is 0.653. The van der Waals surface area contributed by atoms with E-state index in [4.69, 9.17) is 4.74 Å². The standard InChI is InChI=1S/C16H21BrN4O2/c1-2-3-4-5-6-7-8-15(22)23-14-10-9-12(17)11-13(14)16-18-20-21-19-16/h9-11H,2-8H2,1H3,(H,18,19,20,21). The van der Waals surface area contributed by atoms with Gasteiger partial charge in [0.05, 0.1) is 5.56 Å². The molecule has 0 amide bonds. The molecule has 7 heteroatoms. The molecule has 0 spiro atoms. The van der Waals surface area contributed by atoms with Gasteiger partial charge in [-0.25, -0.2) is 5.10 Å². The van der Waals surface area contributed by atoms with Gasteiger partial charge >= 0.3 is 5.97 Å². The topological polar surface area (TPSA) is 80.8 Å². The molecule has 1 heterocycles. The molecule has 0 atom stereocenters. The van der Waals surface area contributed by atoms with Crippen LogP contribution in [0.1, 0.15) is 51.9 Å². The van der Waals surface area contributed by atoms with Crippen molar-refractivity contribution in [3.63, 3.8) is 0 Å². The fraction of sp³-hybridized carbons (Fsp3) is 0.500. The van der Waals surface area contributed by atoms with Crippen LogP contribution in [0.15, 0.2) is 22.7 Å². The van der Waals surface area contributed by atoms with Crippen molar-refractivity contribution in [2.75, 3.05) is 0 Å². The van der Waals surface area contributed by atoms with E-state index < -0.39 is 0 Å². The molecule has 0 saturated carbocycles. The molecule has 0 aliphatic carbocycles. The molecule has 0 radical (unpaired) electrons. The lowest BCUT2D eigenvalue weighted by Crippen LogP contribution is -2.08. The number of hydrogen-bond acceptors (Lipinski definition) is 5. The molecule has 0 bridgehead atoms. The van der Waals surface area contributed by atoms with Gasteiger partial charge in [-0.2, -0.15) is 0 Å². The molecule has 2 rings (SSSR count). The molecule has 1 aromatic heterocycles. The number of carbonyl (C=O) groups excluding carboxylic acids is 1. The van der Waals surface area contributed by atoms with Gasteiger partial charge in [-0.3, -0.25) is 4.79 Å². The largest absolute Gasteiger partial charge is 0.426 e. The van der Waals surface area contributed by atoms with E-state index in [1.165, 1.54) is 25.7 Å². The maximum Gasteiger partial charge on any atom is 0.311 e. The highest BCUT2D eigenvalue weighted by Crippen LogP contribution is 2.30. The fourth-order valence-electron chi connectivity index (χ4n) is 2.27. The Bertz CT molecular complexity index is 617. The van der Waals surface area contributed by atoms with E-state index in [0.717, 1.165) is 17.3 Å². The summed E-state index contributed by atoms with van der Waals surface area (Å²) in [6.07, 6.45) is 7.25. The molecule has 0 saturated heterocycles. The number of nitrogens with zero attached hydrogens (tertiary/aromatic N) is 3. The SMILES string of the molecule is CCCCCCCCC(=O)Oc1ccc(Br)cc1-c1nnn[nH]1. The van der Waals surface area contributed by atoms with Crippen LogP contribution in [0.2, 0.25) is 0 Å². The quantitative estimate of drug-likeness (QED) is 0.398. The first-order valence-corrected chi connectivity index (χ1v) is 8.74. The molecular weight excluding hydrogens is 360 g/mol. The third-order valence-electron chi connectivity index (χ3n) is 3.50. The third kappa shape index (κ3) is 5.74. The van der Waals surface area contributed by atoms with Crippen molar-refractivity contribution in [2.45, 2.75) is 51.9 Å². The zero-order valence-electron chi connectivity index (χ0n) is 13.2. The molecule has 1 N–H and O–H groups in total. The van der Waals surface area contributed by atoms with Gasteiger partial charge in [0.1, 0.15) is 5.75 Å². The van der Waals surface area contributed by atoms with Crippen molar-refractivity contribution >= 4 is 21.9 Å². The molecule has 23 heavy (non-hydrogen) atoms. The van der Waals surface area contributed by atoms with Gasteiger partial charge in [-0.1, -0.05) is 55.0 Å². The predicted molar refractivity (Wildman–Crippen MR) is 90.9 cm³/mol. The van der Waals surface area contributed by atoms with Gasteiger partial charge in [0.15, 0.2) is 5.82 Å². The Balaban J connectivity index is 1.89. The number of aromatic nitrogens is 4. The fourth-order valence-corrected chi connectivity index (χ4v) is 2.63. The zero-order chi connectivity index (χ0) is 16.5. The monoisotopic (exact) mass is 380 g/mol. The number of aromatic amines is 1. The number of halogens is 1. The summed E-state index contributed by atoms with van der Waals surface area (Å²) < 4.78 is 6.34. The summed E-state index contributed by atoms with van der Waals surface area (Å²) in [4.78, 5) is 12.0. The number of nitrogens with one attached hydrogen (secondary N) is 1. The Kier molecular flexibility index (Phi) is 7.19. The van der Waals surface area contributed by atoms with Crippen LogP contribution in [0, 0.1) is 0 Å². The first-order chi connectivity index (χ1) is 11.2. The Morgan fingerprint density at radius 1 is 1.22 bits per heavy atom. The van der Waals surface area contributed by atoms with Gasteiger partial charge < -0.3 is 4.74 Å². The normalized spacial score (nSPS) is 10.7. The van der Waals surface area contributed by atoms with Crippen molar-refractivity contribution in [1.82, 2.24) is 20.6 Å². The van der Waals surface area contributed by atoms with Crippen molar-refractivity contribution in [2.24, 2.45) is 0 Å². The summed E-state index contributed by atoms with van der Waals surface area (Å²) in [7, 11) is 0. The number of unbranched alkanes of at least 4 members (excludes halogenated alkanes) is 5. The Hall–Kier alpha value is -1.76. The molecule has 0 unspecified atom stereocenters. The molecule has 124 valence electrons. The van der Waals surface area contributed by atoms with Crippen LogP contribution in [0.25, 0.3) is 11.4 Å². The van der Waals surface area contributed by atoms with Gasteiger partial charge in [0.2, 0.25) is 0 Å². The average molecular weight is 381 g/mol. The van der Waals surface area contributed by atoms with Crippen LogP contribution >= 0.6 is 15.9 Å². The lowest BCUT2D eigenvalue weighted by atomic mass is 10.1. The minimum absolute atomic E-state index is 0.225. The van der Waals surface area contributed by atoms with Crippen LogP contribution in [-0.2, 0) is 4.79 Å². The van der Waals surface area contributed by atoms with E-state index in [9.17, 15) is 4.79 Å². The van der Waals surface area contributed by atoms with Crippen LogP contribution in [0.4, 0.5) is 0 Å². The number of ether oxygens (including phenoxy) is 1. The molecule has 1 aromatic carbocycles. The van der Waals surface area contributed by atoms with E-state index in [-0.39, 0.29) is 5.97 Å². The van der Waals surface area contributed by atoms with Crippen LogP contribution in [0.3, 0.4) is 0 Å². The maximum absolute atomic E-state index is 12.0. The van der Waals surface area contributed by atoms with E-state index in [0.29, 0.717) is 23.6 Å². The highest BCUT2D eigenvalue weighted by atomic mass is 79.9. The molecule has 0 aliphatic rings. The Morgan fingerprint density at radius 3 is 2.74 bits per heavy atom. The summed E-state index contributed by atoms with van der Waals surface area (Å²) in [5, 5.41) is 13.7. The van der Waals surface area contributed by atoms with Crippen molar-refractivity contribution in [1.29, 1.82) is 0 Å². The predicted octanol–water partition coefficient (Wildman–Crippen LogP) is 4.29. The van der Waals surface area contributed by atoms with Gasteiger partial charge in [-0.05, 0) is 35.0 Å². The van der Waals surface area contributed by atoms with Crippen LogP contribution in [0.5, 0.6) is 5.75 Å². The number of esters is 1. The Labute approximate surface area is 144 Å². The highest BCUT2D eigenvalue weighted by molar-refractivity contribution is 9.10. The van der Waals surface area contributed by atoms with E-state index >= 15 is 0 Å².